The molecular weight excluding hydrogens is 280 g/mol. The molecule has 2 rings (SSSR count). The van der Waals surface area contributed by atoms with Crippen LogP contribution in [0.15, 0.2) is 24.3 Å². The highest BCUT2D eigenvalue weighted by atomic mass is 16.5. The van der Waals surface area contributed by atoms with E-state index in [2.05, 4.69) is 19.2 Å². The predicted molar refractivity (Wildman–Crippen MR) is 85.4 cm³/mol. The van der Waals surface area contributed by atoms with Gasteiger partial charge in [-0.15, -0.1) is 0 Å². The number of amides is 1. The molecule has 5 heteroatoms. The number of carbonyl (C=O) groups excluding carboxylic acids is 1. The van der Waals surface area contributed by atoms with Crippen LogP contribution in [-0.4, -0.2) is 51.9 Å². The van der Waals surface area contributed by atoms with Crippen LogP contribution in [0.3, 0.4) is 0 Å². The van der Waals surface area contributed by atoms with Crippen molar-refractivity contribution >= 4 is 5.91 Å². The lowest BCUT2D eigenvalue weighted by Gasteiger charge is -2.23. The zero-order valence-corrected chi connectivity index (χ0v) is 13.6. The standard InChI is InChI=1S/C17H26N2O3/c1-14(2)15-3-5-16(6-4-15)22-13-17(20)18-7-8-19-9-11-21-12-10-19/h3-6,14H,7-13H2,1-2H3,(H,18,20)/p+1. The minimum absolute atomic E-state index is 0.0689. The molecule has 1 fully saturated rings. The third-order valence-electron chi connectivity index (χ3n) is 3.92. The third-order valence-corrected chi connectivity index (χ3v) is 3.92. The Balaban J connectivity index is 1.62. The van der Waals surface area contributed by atoms with Crippen LogP contribution in [0.5, 0.6) is 5.75 Å². The summed E-state index contributed by atoms with van der Waals surface area (Å²) >= 11 is 0. The highest BCUT2D eigenvalue weighted by Crippen LogP contribution is 2.18. The number of quaternary nitrogens is 1. The Morgan fingerprint density at radius 3 is 2.59 bits per heavy atom. The van der Waals surface area contributed by atoms with E-state index in [1.165, 1.54) is 10.5 Å². The molecule has 1 aromatic carbocycles. The summed E-state index contributed by atoms with van der Waals surface area (Å²) in [5, 5.41) is 2.90. The van der Waals surface area contributed by atoms with Crippen molar-refractivity contribution in [3.8, 4) is 5.75 Å². The molecule has 0 saturated carbocycles. The summed E-state index contributed by atoms with van der Waals surface area (Å²) in [6.45, 7) is 9.68. The molecule has 1 heterocycles. The molecule has 122 valence electrons. The van der Waals surface area contributed by atoms with Gasteiger partial charge >= 0.3 is 0 Å². The van der Waals surface area contributed by atoms with Gasteiger partial charge < -0.3 is 19.7 Å². The van der Waals surface area contributed by atoms with E-state index in [0.29, 0.717) is 12.5 Å². The van der Waals surface area contributed by atoms with Crippen LogP contribution in [0.2, 0.25) is 0 Å². The molecule has 0 radical (unpaired) electrons. The Labute approximate surface area is 132 Å². The number of carbonyl (C=O) groups is 1. The summed E-state index contributed by atoms with van der Waals surface area (Å²) in [5.41, 5.74) is 1.27. The van der Waals surface area contributed by atoms with E-state index in [1.807, 2.05) is 24.3 Å². The van der Waals surface area contributed by atoms with Gasteiger partial charge in [0.05, 0.1) is 26.3 Å². The fourth-order valence-corrected chi connectivity index (χ4v) is 2.44. The quantitative estimate of drug-likeness (QED) is 0.758. The summed E-state index contributed by atoms with van der Waals surface area (Å²) in [5.74, 6) is 1.17. The fraction of sp³-hybridized carbons (Fsp3) is 0.588. The first-order valence-corrected chi connectivity index (χ1v) is 8.06. The highest BCUT2D eigenvalue weighted by Gasteiger charge is 2.13. The van der Waals surface area contributed by atoms with Gasteiger partial charge in [-0.3, -0.25) is 4.79 Å². The fourth-order valence-electron chi connectivity index (χ4n) is 2.44. The smallest absolute Gasteiger partial charge is 0.258 e. The first-order valence-electron chi connectivity index (χ1n) is 8.06. The van der Waals surface area contributed by atoms with Crippen molar-refractivity contribution in [1.82, 2.24) is 5.32 Å². The average molecular weight is 307 g/mol. The zero-order chi connectivity index (χ0) is 15.8. The van der Waals surface area contributed by atoms with Gasteiger partial charge in [0.1, 0.15) is 18.8 Å². The number of ether oxygens (including phenoxy) is 2. The van der Waals surface area contributed by atoms with Gasteiger partial charge in [0, 0.05) is 0 Å². The Hall–Kier alpha value is -1.59. The van der Waals surface area contributed by atoms with E-state index in [0.717, 1.165) is 38.6 Å². The lowest BCUT2D eigenvalue weighted by atomic mass is 10.0. The van der Waals surface area contributed by atoms with Gasteiger partial charge in [0.25, 0.3) is 5.91 Å². The van der Waals surface area contributed by atoms with Crippen molar-refractivity contribution < 1.29 is 19.2 Å². The number of nitrogens with one attached hydrogen (secondary N) is 2. The molecule has 0 atom stereocenters. The molecule has 1 saturated heterocycles. The highest BCUT2D eigenvalue weighted by molar-refractivity contribution is 5.77. The number of morpholine rings is 1. The topological polar surface area (TPSA) is 52.0 Å². The molecule has 22 heavy (non-hydrogen) atoms. The minimum Gasteiger partial charge on any atom is -0.484 e. The molecule has 0 aromatic heterocycles. The Morgan fingerprint density at radius 2 is 1.95 bits per heavy atom. The molecule has 1 amide bonds. The van der Waals surface area contributed by atoms with Crippen molar-refractivity contribution in [2.45, 2.75) is 19.8 Å². The summed E-state index contributed by atoms with van der Waals surface area (Å²) in [4.78, 5) is 13.2. The van der Waals surface area contributed by atoms with Crippen LogP contribution >= 0.6 is 0 Å². The lowest BCUT2D eigenvalue weighted by Crippen LogP contribution is -3.14. The van der Waals surface area contributed by atoms with Crippen molar-refractivity contribution in [1.29, 1.82) is 0 Å². The Kier molecular flexibility index (Phi) is 6.68. The normalized spacial score (nSPS) is 15.8. The lowest BCUT2D eigenvalue weighted by molar-refractivity contribution is -0.906. The van der Waals surface area contributed by atoms with Gasteiger partial charge in [-0.2, -0.15) is 0 Å². The molecule has 0 aliphatic carbocycles. The third kappa shape index (κ3) is 5.66. The molecule has 0 spiro atoms. The number of hydrogen-bond donors (Lipinski definition) is 2. The molecule has 0 bridgehead atoms. The largest absolute Gasteiger partial charge is 0.484 e. The van der Waals surface area contributed by atoms with Gasteiger partial charge in [0.2, 0.25) is 0 Å². The predicted octanol–water partition coefficient (Wildman–Crippen LogP) is 0.220. The zero-order valence-electron chi connectivity index (χ0n) is 13.6. The van der Waals surface area contributed by atoms with Gasteiger partial charge in [0.15, 0.2) is 6.61 Å². The minimum atomic E-state index is -0.0689. The second kappa shape index (κ2) is 8.76. The first-order chi connectivity index (χ1) is 10.6. The van der Waals surface area contributed by atoms with Gasteiger partial charge in [-0.1, -0.05) is 26.0 Å². The molecule has 2 N–H and O–H groups in total. The van der Waals surface area contributed by atoms with Gasteiger partial charge in [-0.05, 0) is 23.6 Å². The van der Waals surface area contributed by atoms with Crippen LogP contribution in [0, 0.1) is 0 Å². The summed E-state index contributed by atoms with van der Waals surface area (Å²) in [6, 6.07) is 7.92. The van der Waals surface area contributed by atoms with E-state index in [1.54, 1.807) is 0 Å². The summed E-state index contributed by atoms with van der Waals surface area (Å²) < 4.78 is 10.8. The number of benzene rings is 1. The molecule has 5 nitrogen and oxygen atoms in total. The molecule has 1 aliphatic rings. The van der Waals surface area contributed by atoms with Crippen LogP contribution in [0.4, 0.5) is 0 Å². The maximum absolute atomic E-state index is 11.8. The van der Waals surface area contributed by atoms with Crippen molar-refractivity contribution in [3.05, 3.63) is 29.8 Å². The Bertz CT molecular complexity index is 453. The molecule has 0 unspecified atom stereocenters. The molecular formula is C17H27N2O3+. The van der Waals surface area contributed by atoms with E-state index in [-0.39, 0.29) is 12.5 Å². The van der Waals surface area contributed by atoms with Crippen molar-refractivity contribution in [3.63, 3.8) is 0 Å². The van der Waals surface area contributed by atoms with Crippen LogP contribution in [0.1, 0.15) is 25.3 Å². The van der Waals surface area contributed by atoms with Crippen molar-refractivity contribution in [2.24, 2.45) is 0 Å². The van der Waals surface area contributed by atoms with E-state index in [9.17, 15) is 4.79 Å². The van der Waals surface area contributed by atoms with Gasteiger partial charge in [-0.25, -0.2) is 0 Å². The summed E-state index contributed by atoms with van der Waals surface area (Å²) in [7, 11) is 0. The van der Waals surface area contributed by atoms with E-state index >= 15 is 0 Å². The van der Waals surface area contributed by atoms with Crippen LogP contribution in [0.25, 0.3) is 0 Å². The molecule has 1 aliphatic heterocycles. The van der Waals surface area contributed by atoms with E-state index in [4.69, 9.17) is 9.47 Å². The summed E-state index contributed by atoms with van der Waals surface area (Å²) in [6.07, 6.45) is 0. The Morgan fingerprint density at radius 1 is 1.27 bits per heavy atom. The second-order valence-electron chi connectivity index (χ2n) is 5.97. The number of hydrogen-bond acceptors (Lipinski definition) is 3. The SMILES string of the molecule is CC(C)c1ccc(OCC(=O)NCC[NH+]2CCOCC2)cc1. The first kappa shape index (κ1) is 16.8. The van der Waals surface area contributed by atoms with E-state index < -0.39 is 0 Å². The average Bonchev–Trinajstić information content (AvgIpc) is 2.54. The number of rotatable bonds is 7. The molecule has 1 aromatic rings. The van der Waals surface area contributed by atoms with Crippen molar-refractivity contribution in [2.75, 3.05) is 46.0 Å². The maximum Gasteiger partial charge on any atom is 0.258 e. The van der Waals surface area contributed by atoms with Crippen LogP contribution in [-0.2, 0) is 9.53 Å². The van der Waals surface area contributed by atoms with Crippen LogP contribution < -0.4 is 15.0 Å². The maximum atomic E-state index is 11.8. The monoisotopic (exact) mass is 307 g/mol. The second-order valence-corrected chi connectivity index (χ2v) is 5.97.